The van der Waals surface area contributed by atoms with E-state index in [1.165, 1.54) is 35.0 Å². The minimum Gasteiger partial charge on any atom is -0.370 e. The Morgan fingerprint density at radius 3 is 2.50 bits per heavy atom. The van der Waals surface area contributed by atoms with Crippen LogP contribution in [0.1, 0.15) is 53.0 Å². The van der Waals surface area contributed by atoms with Crippen molar-refractivity contribution in [3.63, 3.8) is 0 Å². The molecule has 6 rings (SSSR count). The lowest BCUT2D eigenvalue weighted by Crippen LogP contribution is -2.45. The monoisotopic (exact) mass is 684 g/mol. The second-order valence-corrected chi connectivity index (χ2v) is 12.1. The largest absolute Gasteiger partial charge is 0.370 e. The molecule has 2 aliphatic rings. The molecular formula is C37H49BrN8. The Labute approximate surface area is 284 Å². The summed E-state index contributed by atoms with van der Waals surface area (Å²) in [5.41, 5.74) is 13.6. The average molecular weight is 686 g/mol. The predicted molar refractivity (Wildman–Crippen MR) is 193 cm³/mol. The molecule has 3 N–H and O–H groups in total. The lowest BCUT2D eigenvalue weighted by molar-refractivity contribution is 0.195. The molecule has 1 saturated heterocycles. The molecule has 46 heavy (non-hydrogen) atoms. The molecule has 4 aromatic rings. The zero-order valence-electron chi connectivity index (χ0n) is 27.6. The van der Waals surface area contributed by atoms with Gasteiger partial charge < -0.3 is 20.5 Å². The van der Waals surface area contributed by atoms with Gasteiger partial charge in [-0.15, -0.1) is 12.8 Å². The first-order valence-corrected chi connectivity index (χ1v) is 16.6. The maximum Gasteiger partial charge on any atom is 0.0945 e. The molecule has 1 fully saturated rings. The van der Waals surface area contributed by atoms with Crippen LogP contribution in [0.3, 0.4) is 0 Å². The summed E-state index contributed by atoms with van der Waals surface area (Å²) in [4.78, 5) is 18.1. The molecule has 244 valence electrons. The van der Waals surface area contributed by atoms with Crippen molar-refractivity contribution in [1.82, 2.24) is 34.6 Å². The van der Waals surface area contributed by atoms with E-state index in [1.54, 1.807) is 0 Å². The Kier molecular flexibility index (Phi) is 15.7. The zero-order valence-corrected chi connectivity index (χ0v) is 29.2. The lowest BCUT2D eigenvalue weighted by Gasteiger charge is -2.35. The number of aromatic nitrogens is 4. The number of aryl methyl sites for hydroxylation is 4. The summed E-state index contributed by atoms with van der Waals surface area (Å²) in [7, 11) is 1.50. The van der Waals surface area contributed by atoms with Crippen LogP contribution in [0, 0.1) is 19.8 Å². The van der Waals surface area contributed by atoms with E-state index in [2.05, 4.69) is 102 Å². The number of fused-ring (bicyclic) bond motifs is 2. The highest BCUT2D eigenvalue weighted by Crippen LogP contribution is 2.37. The molecule has 3 aromatic heterocycles. The maximum absolute atomic E-state index is 4.85. The normalized spacial score (nSPS) is 15.2. The van der Waals surface area contributed by atoms with Crippen LogP contribution in [0.15, 0.2) is 90.3 Å². The molecule has 1 unspecified atom stereocenters. The number of rotatable bonds is 8. The Hall–Kier alpha value is -3.81. The smallest absolute Gasteiger partial charge is 0.0945 e. The number of nitrogens with one attached hydrogen (secondary N) is 1. The van der Waals surface area contributed by atoms with Crippen molar-refractivity contribution in [2.45, 2.75) is 52.2 Å². The summed E-state index contributed by atoms with van der Waals surface area (Å²) in [6.45, 7) is 15.3. The fraction of sp³-hybridized carbons (Fsp3) is 0.378. The summed E-state index contributed by atoms with van der Waals surface area (Å²) in [6, 6.07) is 15.5. The van der Waals surface area contributed by atoms with Gasteiger partial charge >= 0.3 is 0 Å². The van der Waals surface area contributed by atoms with Gasteiger partial charge in [-0.3, -0.25) is 14.9 Å². The summed E-state index contributed by atoms with van der Waals surface area (Å²) < 4.78 is 3.18. The first-order chi connectivity index (χ1) is 22.5. The number of halogens is 1. The van der Waals surface area contributed by atoms with Gasteiger partial charge in [-0.1, -0.05) is 36.4 Å². The van der Waals surface area contributed by atoms with Crippen molar-refractivity contribution < 1.29 is 0 Å². The second kappa shape index (κ2) is 19.6. The van der Waals surface area contributed by atoms with Crippen molar-refractivity contribution >= 4 is 15.9 Å². The molecule has 1 atom stereocenters. The van der Waals surface area contributed by atoms with Crippen molar-refractivity contribution in [3.05, 3.63) is 124 Å². The molecule has 8 nitrogen and oxygen atoms in total. The van der Waals surface area contributed by atoms with Gasteiger partial charge in [-0.25, -0.2) is 4.98 Å². The van der Waals surface area contributed by atoms with Crippen LogP contribution in [-0.2, 0) is 25.9 Å². The van der Waals surface area contributed by atoms with Gasteiger partial charge in [0, 0.05) is 74.2 Å². The summed E-state index contributed by atoms with van der Waals surface area (Å²) in [5.74, 6) is 0. The third-order valence-corrected chi connectivity index (χ3v) is 8.46. The molecule has 0 radical (unpaired) electrons. The van der Waals surface area contributed by atoms with Gasteiger partial charge in [0.05, 0.1) is 30.3 Å². The Morgan fingerprint density at radius 2 is 1.83 bits per heavy atom. The van der Waals surface area contributed by atoms with Crippen LogP contribution in [0.25, 0.3) is 0 Å². The number of nitrogens with zero attached hydrogens (tertiary/aromatic N) is 6. The van der Waals surface area contributed by atoms with Crippen molar-refractivity contribution in [2.24, 2.45) is 5.73 Å². The van der Waals surface area contributed by atoms with Crippen LogP contribution in [-0.4, -0.2) is 69.1 Å². The minimum atomic E-state index is 0.290. The molecule has 1 aromatic carbocycles. The van der Waals surface area contributed by atoms with Gasteiger partial charge in [-0.05, 0) is 91.0 Å². The molecule has 1 aliphatic heterocycles. The Morgan fingerprint density at radius 1 is 1.07 bits per heavy atom. The number of hydrogen-bond acceptors (Lipinski definition) is 7. The quantitative estimate of drug-likeness (QED) is 0.228. The molecule has 1 aliphatic carbocycles. The van der Waals surface area contributed by atoms with Crippen molar-refractivity contribution in [1.29, 1.82) is 0 Å². The van der Waals surface area contributed by atoms with E-state index in [9.17, 15) is 0 Å². The summed E-state index contributed by atoms with van der Waals surface area (Å²) in [6.07, 6.45) is 20.7. The van der Waals surface area contributed by atoms with Crippen molar-refractivity contribution in [3.8, 4) is 12.8 Å². The van der Waals surface area contributed by atoms with Crippen LogP contribution in [0.4, 0.5) is 0 Å². The van der Waals surface area contributed by atoms with Crippen LogP contribution >= 0.6 is 15.9 Å². The van der Waals surface area contributed by atoms with Gasteiger partial charge in [0.15, 0.2) is 0 Å². The number of pyridine rings is 2. The third kappa shape index (κ3) is 10.6. The van der Waals surface area contributed by atoms with Crippen LogP contribution < -0.4 is 11.1 Å². The first kappa shape index (κ1) is 36.7. The number of benzene rings is 1. The number of imidazole rings is 1. The fourth-order valence-corrected chi connectivity index (χ4v) is 6.22. The van der Waals surface area contributed by atoms with Gasteiger partial charge in [0.2, 0.25) is 0 Å². The molecule has 0 amide bonds. The van der Waals surface area contributed by atoms with E-state index in [0.717, 1.165) is 80.9 Å². The van der Waals surface area contributed by atoms with Crippen molar-refractivity contribution in [2.75, 3.05) is 39.8 Å². The predicted octanol–water partition coefficient (Wildman–Crippen LogP) is 5.77. The first-order valence-electron chi connectivity index (χ1n) is 15.8. The van der Waals surface area contributed by atoms with E-state index >= 15 is 0 Å². The molecule has 0 saturated carbocycles. The molecule has 4 heterocycles. The molecule has 0 spiro atoms. The molecule has 0 bridgehead atoms. The lowest BCUT2D eigenvalue weighted by atomic mass is 9.95. The number of terminal acetylenes is 1. The Balaban J connectivity index is 0.000000230. The topological polar surface area (TPSA) is 88.1 Å². The summed E-state index contributed by atoms with van der Waals surface area (Å²) >= 11 is 3.59. The van der Waals surface area contributed by atoms with E-state index in [4.69, 9.17) is 4.98 Å². The average Bonchev–Trinajstić information content (AvgIpc) is 3.56. The zero-order chi connectivity index (χ0) is 33.3. The van der Waals surface area contributed by atoms with Gasteiger partial charge in [-0.2, -0.15) is 0 Å². The molecular weight excluding hydrogens is 636 g/mol. The molecule has 9 heteroatoms. The SMILES string of the molecule is C#C.C=C(C)N(CCCn1ccnc1)Cc1ccccn1.CN.Cc1ccc2c(c1)CCc1cc(Br)cnc1C2N1CCNCC1. The fourth-order valence-electron chi connectivity index (χ4n) is 5.84. The van der Waals surface area contributed by atoms with E-state index < -0.39 is 0 Å². The van der Waals surface area contributed by atoms with E-state index in [0.29, 0.717) is 6.04 Å². The van der Waals surface area contributed by atoms with Crippen LogP contribution in [0.5, 0.6) is 0 Å². The maximum atomic E-state index is 4.85. The van der Waals surface area contributed by atoms with Crippen LogP contribution in [0.2, 0.25) is 0 Å². The standard InChI is InChI=1S/C19H22BrN3.C15H20N4.C2H2.CH5N/c1-13-2-5-17-14(10-13)3-4-15-11-16(20)12-22-18(15)19(17)23-8-6-21-7-9-23;1-14(2)19(12-15-6-3-4-7-17-15)10-5-9-18-11-8-16-13-18;2*1-2/h2,5,10-12,19,21H,3-4,6-9H2,1H3;3-4,6-8,11,13H,1,5,9-10,12H2,2H3;1-2H;2H2,1H3. The Bertz CT molecular complexity index is 1430. The van der Waals surface area contributed by atoms with E-state index in [1.807, 2.05) is 56.2 Å². The summed E-state index contributed by atoms with van der Waals surface area (Å²) in [5, 5.41) is 3.47. The number of piperazine rings is 1. The number of nitrogens with two attached hydrogens (primary N) is 1. The highest BCUT2D eigenvalue weighted by Gasteiger charge is 2.30. The second-order valence-electron chi connectivity index (χ2n) is 11.2. The van der Waals surface area contributed by atoms with E-state index in [-0.39, 0.29) is 0 Å². The van der Waals surface area contributed by atoms with Gasteiger partial charge in [0.1, 0.15) is 0 Å². The number of hydrogen-bond donors (Lipinski definition) is 2. The number of allylic oxidation sites excluding steroid dienone is 1. The highest BCUT2D eigenvalue weighted by molar-refractivity contribution is 9.10. The van der Waals surface area contributed by atoms with Gasteiger partial charge in [0.25, 0.3) is 0 Å². The highest BCUT2D eigenvalue weighted by atomic mass is 79.9. The third-order valence-electron chi connectivity index (χ3n) is 8.02. The minimum absolute atomic E-state index is 0.290.